The molecule has 8 nitrogen and oxygen atoms in total. The third-order valence-electron chi connectivity index (χ3n) is 4.04. The lowest BCUT2D eigenvalue weighted by atomic mass is 10.1. The monoisotopic (exact) mass is 354 g/mol. The number of benzene rings is 1. The highest BCUT2D eigenvalue weighted by molar-refractivity contribution is 5.83. The first-order chi connectivity index (χ1) is 12.6. The van der Waals surface area contributed by atoms with E-state index in [2.05, 4.69) is 25.9 Å². The van der Waals surface area contributed by atoms with Crippen LogP contribution in [0.25, 0.3) is 0 Å². The molecule has 2 aromatic heterocycles. The molecule has 0 bridgehead atoms. The first-order valence-corrected chi connectivity index (χ1v) is 8.39. The molecule has 1 amide bonds. The summed E-state index contributed by atoms with van der Waals surface area (Å²) in [6, 6.07) is 9.02. The number of aryl methyl sites for hydroxylation is 1. The van der Waals surface area contributed by atoms with Crippen LogP contribution >= 0.6 is 0 Å². The molecule has 0 spiro atoms. The number of amides is 1. The summed E-state index contributed by atoms with van der Waals surface area (Å²) < 4.78 is 6.96. The van der Waals surface area contributed by atoms with Gasteiger partial charge in [0.25, 0.3) is 0 Å². The van der Waals surface area contributed by atoms with Crippen LogP contribution in [0.1, 0.15) is 41.8 Å². The number of likely N-dealkylation sites (N-methyl/N-ethyl adjacent to an activating group) is 1. The molecule has 0 radical (unpaired) electrons. The van der Waals surface area contributed by atoms with E-state index in [0.29, 0.717) is 18.1 Å². The zero-order valence-corrected chi connectivity index (χ0v) is 15.0. The summed E-state index contributed by atoms with van der Waals surface area (Å²) in [6.07, 6.45) is 4.03. The van der Waals surface area contributed by atoms with Crippen molar-refractivity contribution >= 4 is 5.91 Å². The van der Waals surface area contributed by atoms with Gasteiger partial charge in [-0.3, -0.25) is 9.48 Å². The van der Waals surface area contributed by atoms with E-state index in [-0.39, 0.29) is 11.9 Å². The first-order valence-electron chi connectivity index (χ1n) is 8.39. The minimum absolute atomic E-state index is 0.178. The van der Waals surface area contributed by atoms with Crippen LogP contribution in [-0.2, 0) is 18.3 Å². The number of nitrogens with zero attached hydrogens (tertiary/aromatic N) is 4. The summed E-state index contributed by atoms with van der Waals surface area (Å²) in [5, 5.41) is 14.0. The Morgan fingerprint density at radius 1 is 1.31 bits per heavy atom. The van der Waals surface area contributed by atoms with E-state index in [1.165, 1.54) is 0 Å². The lowest BCUT2D eigenvalue weighted by molar-refractivity contribution is -0.123. The Morgan fingerprint density at radius 3 is 2.73 bits per heavy atom. The van der Waals surface area contributed by atoms with Crippen LogP contribution in [0.15, 0.2) is 47.2 Å². The quantitative estimate of drug-likeness (QED) is 0.668. The number of nitrogens with one attached hydrogen (secondary N) is 2. The largest absolute Gasteiger partial charge is 0.345 e. The Hall–Kier alpha value is -3.00. The third-order valence-corrected chi connectivity index (χ3v) is 4.04. The molecule has 2 heterocycles. The number of rotatable bonds is 7. The van der Waals surface area contributed by atoms with E-state index in [9.17, 15) is 4.79 Å². The Balaban J connectivity index is 1.64. The van der Waals surface area contributed by atoms with Crippen molar-refractivity contribution in [2.24, 2.45) is 7.05 Å². The van der Waals surface area contributed by atoms with Gasteiger partial charge in [0.05, 0.1) is 18.7 Å². The average molecular weight is 354 g/mol. The maximum absolute atomic E-state index is 12.6. The van der Waals surface area contributed by atoms with E-state index in [0.717, 1.165) is 11.1 Å². The second kappa shape index (κ2) is 7.92. The van der Waals surface area contributed by atoms with Gasteiger partial charge in [0.1, 0.15) is 6.04 Å². The van der Waals surface area contributed by atoms with Crippen molar-refractivity contribution < 1.29 is 9.32 Å². The molecular formula is C18H22N6O2. The second-order valence-corrected chi connectivity index (χ2v) is 6.11. The number of carbonyl (C=O) groups is 1. The minimum atomic E-state index is -0.498. The Labute approximate surface area is 151 Å². The fraction of sp³-hybridized carbons (Fsp3) is 0.333. The normalized spacial score (nSPS) is 13.3. The molecule has 0 aliphatic heterocycles. The van der Waals surface area contributed by atoms with Crippen molar-refractivity contribution in [3.63, 3.8) is 0 Å². The molecule has 0 aliphatic rings. The molecule has 2 unspecified atom stereocenters. The molecule has 3 rings (SSSR count). The molecule has 0 aliphatic carbocycles. The number of hydrogen-bond acceptors (Lipinski definition) is 6. The van der Waals surface area contributed by atoms with Crippen LogP contribution in [0.3, 0.4) is 0 Å². The van der Waals surface area contributed by atoms with Crippen molar-refractivity contribution in [3.05, 3.63) is 65.6 Å². The topological polar surface area (TPSA) is 97.9 Å². The van der Waals surface area contributed by atoms with Gasteiger partial charge in [-0.1, -0.05) is 35.5 Å². The van der Waals surface area contributed by atoms with Gasteiger partial charge in [-0.2, -0.15) is 10.1 Å². The van der Waals surface area contributed by atoms with Gasteiger partial charge in [0.15, 0.2) is 5.82 Å². The lowest BCUT2D eigenvalue weighted by Crippen LogP contribution is -2.37. The SMILES string of the molecule is CNC(C(=O)NC(C)c1noc(Cc2ccccc2)n1)c1cnn(C)c1. The predicted molar refractivity (Wildman–Crippen MR) is 95.1 cm³/mol. The standard InChI is InChI=1S/C18H22N6O2/c1-12(21-18(25)16(19-2)14-10-20-24(3)11-14)17-22-15(26-23-17)9-13-7-5-4-6-8-13/h4-8,10-12,16,19H,9H2,1-3H3,(H,21,25). The Kier molecular flexibility index (Phi) is 5.43. The molecule has 8 heteroatoms. The van der Waals surface area contributed by atoms with Crippen LogP contribution in [0.2, 0.25) is 0 Å². The van der Waals surface area contributed by atoms with E-state index in [4.69, 9.17) is 4.52 Å². The summed E-state index contributed by atoms with van der Waals surface area (Å²) in [5.41, 5.74) is 1.88. The molecule has 136 valence electrons. The maximum Gasteiger partial charge on any atom is 0.242 e. The third kappa shape index (κ3) is 4.15. The van der Waals surface area contributed by atoms with Gasteiger partial charge < -0.3 is 15.2 Å². The van der Waals surface area contributed by atoms with Crippen molar-refractivity contribution in [1.29, 1.82) is 0 Å². The van der Waals surface area contributed by atoms with Crippen molar-refractivity contribution in [1.82, 2.24) is 30.6 Å². The van der Waals surface area contributed by atoms with Crippen molar-refractivity contribution in [2.75, 3.05) is 7.05 Å². The van der Waals surface area contributed by atoms with E-state index in [1.54, 1.807) is 24.1 Å². The second-order valence-electron chi connectivity index (χ2n) is 6.11. The highest BCUT2D eigenvalue weighted by atomic mass is 16.5. The Bertz CT molecular complexity index is 857. The molecule has 0 fully saturated rings. The molecule has 3 aromatic rings. The number of aromatic nitrogens is 4. The maximum atomic E-state index is 12.6. The van der Waals surface area contributed by atoms with E-state index < -0.39 is 6.04 Å². The molecule has 0 saturated heterocycles. The summed E-state index contributed by atoms with van der Waals surface area (Å²) in [5.74, 6) is 0.789. The van der Waals surface area contributed by atoms with Crippen LogP contribution in [-0.4, -0.2) is 32.9 Å². The van der Waals surface area contributed by atoms with Gasteiger partial charge in [0.2, 0.25) is 11.8 Å². The summed E-state index contributed by atoms with van der Waals surface area (Å²) in [4.78, 5) is 17.0. The molecule has 2 N–H and O–H groups in total. The minimum Gasteiger partial charge on any atom is -0.345 e. The smallest absolute Gasteiger partial charge is 0.242 e. The van der Waals surface area contributed by atoms with Gasteiger partial charge in [-0.25, -0.2) is 0 Å². The lowest BCUT2D eigenvalue weighted by Gasteiger charge is -2.17. The van der Waals surface area contributed by atoms with Crippen LogP contribution in [0, 0.1) is 0 Å². The number of hydrogen-bond donors (Lipinski definition) is 2. The van der Waals surface area contributed by atoms with Crippen molar-refractivity contribution in [2.45, 2.75) is 25.4 Å². The molecule has 2 atom stereocenters. The summed E-state index contributed by atoms with van der Waals surface area (Å²) in [7, 11) is 3.54. The fourth-order valence-corrected chi connectivity index (χ4v) is 2.69. The van der Waals surface area contributed by atoms with Crippen LogP contribution in [0.4, 0.5) is 0 Å². The van der Waals surface area contributed by atoms with Crippen LogP contribution < -0.4 is 10.6 Å². The van der Waals surface area contributed by atoms with Gasteiger partial charge >= 0.3 is 0 Å². The zero-order valence-electron chi connectivity index (χ0n) is 15.0. The van der Waals surface area contributed by atoms with Gasteiger partial charge in [-0.15, -0.1) is 0 Å². The predicted octanol–water partition coefficient (Wildman–Crippen LogP) is 1.53. The van der Waals surface area contributed by atoms with Gasteiger partial charge in [0, 0.05) is 18.8 Å². The van der Waals surface area contributed by atoms with Crippen molar-refractivity contribution in [3.8, 4) is 0 Å². The number of carbonyl (C=O) groups excluding carboxylic acids is 1. The van der Waals surface area contributed by atoms with E-state index in [1.807, 2.05) is 44.3 Å². The molecule has 0 saturated carbocycles. The molecule has 1 aromatic carbocycles. The van der Waals surface area contributed by atoms with Crippen LogP contribution in [0.5, 0.6) is 0 Å². The Morgan fingerprint density at radius 2 is 2.08 bits per heavy atom. The average Bonchev–Trinajstić information content (AvgIpc) is 3.26. The molecule has 26 heavy (non-hydrogen) atoms. The van der Waals surface area contributed by atoms with E-state index >= 15 is 0 Å². The highest BCUT2D eigenvalue weighted by Crippen LogP contribution is 2.15. The van der Waals surface area contributed by atoms with Gasteiger partial charge in [-0.05, 0) is 19.5 Å². The summed E-state index contributed by atoms with van der Waals surface area (Å²) >= 11 is 0. The zero-order chi connectivity index (χ0) is 18.5. The first kappa shape index (κ1) is 17.8. The fourth-order valence-electron chi connectivity index (χ4n) is 2.69. The highest BCUT2D eigenvalue weighted by Gasteiger charge is 2.24. The summed E-state index contributed by atoms with van der Waals surface area (Å²) in [6.45, 7) is 1.82. The molecular weight excluding hydrogens is 332 g/mol.